The van der Waals surface area contributed by atoms with Crippen LogP contribution in [0.4, 0.5) is 21.9 Å². The molecule has 3 heterocycles. The molecule has 0 unspecified atom stereocenters. The molecule has 0 spiro atoms. The Labute approximate surface area is 215 Å². The Balaban J connectivity index is 1.26. The lowest BCUT2D eigenvalue weighted by Crippen LogP contribution is -2.42. The van der Waals surface area contributed by atoms with Gasteiger partial charge in [-0.3, -0.25) is 0 Å². The van der Waals surface area contributed by atoms with Gasteiger partial charge in [-0.15, -0.1) is 6.58 Å². The minimum atomic E-state index is -0.339. The number of fused-ring (bicyclic) bond motifs is 1. The van der Waals surface area contributed by atoms with Gasteiger partial charge in [0.1, 0.15) is 0 Å². The highest BCUT2D eigenvalue weighted by Crippen LogP contribution is 2.29. The van der Waals surface area contributed by atoms with Gasteiger partial charge in [-0.25, -0.2) is 14.3 Å². The average Bonchev–Trinajstić information content (AvgIpc) is 3.31. The highest BCUT2D eigenvalue weighted by molar-refractivity contribution is 6.30. The number of carbonyl (C=O) groups is 1. The molecule has 36 heavy (non-hydrogen) atoms. The largest absolute Gasteiger partial charge is 0.370 e. The van der Waals surface area contributed by atoms with E-state index in [9.17, 15) is 4.79 Å². The van der Waals surface area contributed by atoms with E-state index in [4.69, 9.17) is 11.6 Å². The summed E-state index contributed by atoms with van der Waals surface area (Å²) in [6.45, 7) is 6.44. The Morgan fingerprint density at radius 1 is 1.11 bits per heavy atom. The van der Waals surface area contributed by atoms with Crippen LogP contribution >= 0.6 is 11.6 Å². The van der Waals surface area contributed by atoms with Crippen LogP contribution in [0.3, 0.4) is 0 Å². The van der Waals surface area contributed by atoms with Crippen LogP contribution in [0.1, 0.15) is 12.8 Å². The van der Waals surface area contributed by atoms with Crippen molar-refractivity contribution in [1.29, 1.82) is 0 Å². The summed E-state index contributed by atoms with van der Waals surface area (Å²) in [5.74, 6) is 0. The lowest BCUT2D eigenvalue weighted by molar-refractivity contribution is 0.262. The molecule has 8 nitrogen and oxygen atoms in total. The van der Waals surface area contributed by atoms with E-state index in [1.54, 1.807) is 23.1 Å². The Morgan fingerprint density at radius 2 is 1.94 bits per heavy atom. The van der Waals surface area contributed by atoms with E-state index in [0.29, 0.717) is 22.4 Å². The van der Waals surface area contributed by atoms with Crippen LogP contribution < -0.4 is 20.9 Å². The van der Waals surface area contributed by atoms with Crippen molar-refractivity contribution in [2.45, 2.75) is 18.9 Å². The molecule has 0 aliphatic carbocycles. The molecule has 1 aliphatic heterocycles. The number of nitrogens with one attached hydrogen (secondary N) is 3. The maximum absolute atomic E-state index is 12.9. The predicted molar refractivity (Wildman–Crippen MR) is 146 cm³/mol. The number of rotatable bonds is 7. The predicted octanol–water partition coefficient (Wildman–Crippen LogP) is 5.44. The summed E-state index contributed by atoms with van der Waals surface area (Å²) in [6, 6.07) is 15.6. The molecule has 0 radical (unpaired) electrons. The molecule has 9 heteroatoms. The fourth-order valence-electron chi connectivity index (χ4n) is 4.51. The second-order valence-corrected chi connectivity index (χ2v) is 9.17. The zero-order chi connectivity index (χ0) is 24.9. The Bertz CT molecular complexity index is 1380. The van der Waals surface area contributed by atoms with Gasteiger partial charge < -0.3 is 20.9 Å². The van der Waals surface area contributed by atoms with Gasteiger partial charge in [0.25, 0.3) is 0 Å². The summed E-state index contributed by atoms with van der Waals surface area (Å²) in [5, 5.41) is 14.4. The first-order valence-corrected chi connectivity index (χ1v) is 12.3. The van der Waals surface area contributed by atoms with Crippen LogP contribution in [0.25, 0.3) is 16.8 Å². The molecule has 0 atom stereocenters. The third-order valence-electron chi connectivity index (χ3n) is 6.29. The van der Waals surface area contributed by atoms with Gasteiger partial charge in [0.15, 0.2) is 5.65 Å². The summed E-state index contributed by atoms with van der Waals surface area (Å²) in [6.07, 6.45) is 9.08. The van der Waals surface area contributed by atoms with Gasteiger partial charge in [-0.1, -0.05) is 41.9 Å². The molecule has 184 valence electrons. The third-order valence-corrected chi connectivity index (χ3v) is 6.52. The second kappa shape index (κ2) is 10.8. The van der Waals surface area contributed by atoms with Crippen LogP contribution in [0.15, 0.2) is 79.8 Å². The van der Waals surface area contributed by atoms with E-state index in [1.807, 2.05) is 54.6 Å². The lowest BCUT2D eigenvalue weighted by atomic mass is 10.0. The van der Waals surface area contributed by atoms with Crippen molar-refractivity contribution >= 4 is 40.3 Å². The minimum absolute atomic E-state index is 0.339. The smallest absolute Gasteiger partial charge is 0.323 e. The van der Waals surface area contributed by atoms with Gasteiger partial charge in [-0.05, 0) is 42.7 Å². The van der Waals surface area contributed by atoms with Crippen molar-refractivity contribution in [3.05, 3.63) is 84.8 Å². The van der Waals surface area contributed by atoms with Crippen LogP contribution in [-0.4, -0.2) is 46.3 Å². The number of para-hydroxylation sites is 2. The summed E-state index contributed by atoms with van der Waals surface area (Å²) in [4.78, 5) is 19.7. The van der Waals surface area contributed by atoms with Crippen molar-refractivity contribution < 1.29 is 4.79 Å². The molecule has 0 bridgehead atoms. The number of aromatic nitrogens is 3. The van der Waals surface area contributed by atoms with Crippen molar-refractivity contribution in [2.24, 2.45) is 0 Å². The molecule has 1 fully saturated rings. The van der Waals surface area contributed by atoms with E-state index in [1.165, 1.54) is 0 Å². The van der Waals surface area contributed by atoms with Crippen molar-refractivity contribution in [3.63, 3.8) is 0 Å². The van der Waals surface area contributed by atoms with Gasteiger partial charge in [0, 0.05) is 36.3 Å². The van der Waals surface area contributed by atoms with E-state index in [2.05, 4.69) is 37.5 Å². The summed E-state index contributed by atoms with van der Waals surface area (Å²) in [7, 11) is 0. The minimum Gasteiger partial charge on any atom is -0.370 e. The average molecular weight is 502 g/mol. The highest BCUT2D eigenvalue weighted by atomic mass is 35.5. The van der Waals surface area contributed by atoms with E-state index >= 15 is 0 Å². The number of nitrogens with zero attached hydrogens (tertiary/aromatic N) is 4. The number of hydrogen-bond donors (Lipinski definition) is 3. The first kappa shape index (κ1) is 23.8. The molecule has 5 rings (SSSR count). The number of benzene rings is 2. The molecular formula is C27H28ClN7O. The number of halogens is 1. The fraction of sp³-hybridized carbons (Fsp3) is 0.222. The van der Waals surface area contributed by atoms with E-state index < -0.39 is 0 Å². The molecule has 3 N–H and O–H groups in total. The molecule has 0 saturated carbocycles. The van der Waals surface area contributed by atoms with Crippen LogP contribution in [0.5, 0.6) is 0 Å². The van der Waals surface area contributed by atoms with Gasteiger partial charge in [0.2, 0.25) is 0 Å². The highest BCUT2D eigenvalue weighted by Gasteiger charge is 2.21. The van der Waals surface area contributed by atoms with Gasteiger partial charge in [0.05, 0.1) is 35.7 Å². The first-order chi connectivity index (χ1) is 17.6. The molecule has 1 aliphatic rings. The lowest BCUT2D eigenvalue weighted by Gasteiger charge is -2.35. The Kier molecular flexibility index (Phi) is 7.16. The molecule has 2 aromatic heterocycles. The number of anilines is 3. The molecule has 2 aromatic carbocycles. The monoisotopic (exact) mass is 501 g/mol. The van der Waals surface area contributed by atoms with E-state index in [0.717, 1.165) is 55.0 Å². The number of carbonyl (C=O) groups excluding carboxylic acids is 1. The zero-order valence-electron chi connectivity index (χ0n) is 19.8. The number of hydrogen-bond acceptors (Lipinski definition) is 5. The third kappa shape index (κ3) is 5.35. The first-order valence-electron chi connectivity index (χ1n) is 12.0. The molecular weight excluding hydrogens is 474 g/mol. The van der Waals surface area contributed by atoms with Gasteiger partial charge in [-0.2, -0.15) is 5.10 Å². The van der Waals surface area contributed by atoms with Crippen LogP contribution in [0, 0.1) is 0 Å². The number of piperidine rings is 1. The zero-order valence-corrected chi connectivity index (χ0v) is 20.6. The molecule has 4 aromatic rings. The molecule has 1 saturated heterocycles. The van der Waals surface area contributed by atoms with Crippen molar-refractivity contribution in [2.75, 3.05) is 35.2 Å². The number of urea groups is 1. The molecule has 2 amide bonds. The summed E-state index contributed by atoms with van der Waals surface area (Å²) >= 11 is 6.14. The SMILES string of the molecule is C=CCNC1CCN(c2ccccc2NC(=O)Nc2cnc3c(-c4cccc(Cl)c4)cnn3c2)CC1. The second-order valence-electron chi connectivity index (χ2n) is 8.73. The maximum Gasteiger partial charge on any atom is 0.323 e. The van der Waals surface area contributed by atoms with Crippen molar-refractivity contribution in [1.82, 2.24) is 19.9 Å². The summed E-state index contributed by atoms with van der Waals surface area (Å²) < 4.78 is 1.64. The topological polar surface area (TPSA) is 86.6 Å². The Morgan fingerprint density at radius 3 is 2.75 bits per heavy atom. The fourth-order valence-corrected chi connectivity index (χ4v) is 4.70. The normalized spacial score (nSPS) is 14.1. The summed E-state index contributed by atoms with van der Waals surface area (Å²) in [5.41, 5.74) is 4.80. The van der Waals surface area contributed by atoms with Gasteiger partial charge >= 0.3 is 6.03 Å². The van der Waals surface area contributed by atoms with Crippen LogP contribution in [0.2, 0.25) is 5.02 Å². The van der Waals surface area contributed by atoms with E-state index in [-0.39, 0.29) is 6.03 Å². The Hall–Kier alpha value is -3.88. The maximum atomic E-state index is 12.9. The van der Waals surface area contributed by atoms with Crippen molar-refractivity contribution in [3.8, 4) is 11.1 Å². The quantitative estimate of drug-likeness (QED) is 0.294. The van der Waals surface area contributed by atoms with Crippen LogP contribution in [-0.2, 0) is 0 Å². The standard InChI is InChI=1S/C27H28ClN7O/c1-2-12-29-21-10-13-34(14-11-21)25-9-4-3-8-24(25)33-27(36)32-22-16-30-26-23(17-31-35(26)18-22)19-6-5-7-20(28)15-19/h2-9,15-18,21,29H,1,10-14H2,(H2,32,33,36). The number of amides is 2.